The van der Waals surface area contributed by atoms with Gasteiger partial charge in [-0.15, -0.1) is 12.4 Å². The second kappa shape index (κ2) is 7.40. The molecule has 0 amide bonds. The van der Waals surface area contributed by atoms with Crippen molar-refractivity contribution in [3.8, 4) is 0 Å². The topological polar surface area (TPSA) is 61.4 Å². The first-order valence-corrected chi connectivity index (χ1v) is 6.56. The lowest BCUT2D eigenvalue weighted by Crippen LogP contribution is -2.41. The van der Waals surface area contributed by atoms with Crippen molar-refractivity contribution in [1.82, 2.24) is 14.3 Å². The Morgan fingerprint density at radius 2 is 1.80 bits per heavy atom. The van der Waals surface area contributed by atoms with E-state index in [0.29, 0.717) is 26.2 Å². The molecule has 15 heavy (non-hydrogen) atoms. The minimum Gasteiger partial charge on any atom is -0.316 e. The molecule has 1 aliphatic heterocycles. The van der Waals surface area contributed by atoms with E-state index in [4.69, 9.17) is 0 Å². The predicted molar refractivity (Wildman–Crippen MR) is 63.5 cm³/mol. The molecular weight excluding hydrogens is 238 g/mol. The molecule has 0 aromatic rings. The first-order chi connectivity index (χ1) is 6.67. The van der Waals surface area contributed by atoms with E-state index < -0.39 is 10.2 Å². The molecule has 1 fully saturated rings. The van der Waals surface area contributed by atoms with Gasteiger partial charge in [-0.1, -0.05) is 6.92 Å². The van der Waals surface area contributed by atoms with Crippen LogP contribution < -0.4 is 10.0 Å². The van der Waals surface area contributed by atoms with Crippen LogP contribution in [0.3, 0.4) is 0 Å². The smallest absolute Gasteiger partial charge is 0.279 e. The van der Waals surface area contributed by atoms with Crippen LogP contribution in [-0.2, 0) is 10.2 Å². The molecule has 1 heterocycles. The van der Waals surface area contributed by atoms with Crippen LogP contribution in [0.2, 0.25) is 0 Å². The molecule has 0 radical (unpaired) electrons. The van der Waals surface area contributed by atoms with Gasteiger partial charge in [-0.25, -0.2) is 4.72 Å². The maximum Gasteiger partial charge on any atom is 0.279 e. The molecule has 0 saturated carbocycles. The lowest BCUT2D eigenvalue weighted by atomic mass is 10.4. The molecule has 2 N–H and O–H groups in total. The van der Waals surface area contributed by atoms with Gasteiger partial charge in [0.25, 0.3) is 10.2 Å². The summed E-state index contributed by atoms with van der Waals surface area (Å²) in [6.45, 7) is 5.34. The Labute approximate surface area is 98.2 Å². The van der Waals surface area contributed by atoms with Crippen molar-refractivity contribution in [1.29, 1.82) is 0 Å². The largest absolute Gasteiger partial charge is 0.316 e. The third-order valence-electron chi connectivity index (χ3n) is 2.24. The molecule has 0 unspecified atom stereocenters. The summed E-state index contributed by atoms with van der Waals surface area (Å²) in [7, 11) is -3.20. The summed E-state index contributed by atoms with van der Waals surface area (Å²) in [4.78, 5) is 0. The number of hydrogen-bond acceptors (Lipinski definition) is 3. The monoisotopic (exact) mass is 257 g/mol. The van der Waals surface area contributed by atoms with Crippen LogP contribution in [0.5, 0.6) is 0 Å². The second-order valence-corrected chi connectivity index (χ2v) is 5.11. The zero-order valence-electron chi connectivity index (χ0n) is 9.03. The van der Waals surface area contributed by atoms with E-state index in [1.54, 1.807) is 0 Å². The third kappa shape index (κ3) is 5.12. The summed E-state index contributed by atoms with van der Waals surface area (Å²) < 4.78 is 27.3. The van der Waals surface area contributed by atoms with Crippen LogP contribution in [0, 0.1) is 0 Å². The molecule has 7 heteroatoms. The van der Waals surface area contributed by atoms with E-state index in [-0.39, 0.29) is 12.4 Å². The molecule has 0 spiro atoms. The van der Waals surface area contributed by atoms with Crippen molar-refractivity contribution in [3.05, 3.63) is 0 Å². The van der Waals surface area contributed by atoms with Gasteiger partial charge in [-0.3, -0.25) is 0 Å². The SMILES string of the molecule is CCNCCNS(=O)(=O)N1CCCC1.Cl. The zero-order chi connectivity index (χ0) is 10.4. The zero-order valence-corrected chi connectivity index (χ0v) is 10.7. The fourth-order valence-electron chi connectivity index (χ4n) is 1.46. The summed E-state index contributed by atoms with van der Waals surface area (Å²) in [5.74, 6) is 0. The Morgan fingerprint density at radius 1 is 1.20 bits per heavy atom. The first kappa shape index (κ1) is 15.1. The first-order valence-electron chi connectivity index (χ1n) is 5.12. The molecule has 0 aromatic carbocycles. The normalized spacial score (nSPS) is 17.7. The highest BCUT2D eigenvalue weighted by atomic mass is 35.5. The van der Waals surface area contributed by atoms with Gasteiger partial charge in [0.05, 0.1) is 0 Å². The molecule has 5 nitrogen and oxygen atoms in total. The highest BCUT2D eigenvalue weighted by molar-refractivity contribution is 7.87. The van der Waals surface area contributed by atoms with Gasteiger partial charge in [-0.05, 0) is 19.4 Å². The van der Waals surface area contributed by atoms with Gasteiger partial charge in [-0.2, -0.15) is 12.7 Å². The van der Waals surface area contributed by atoms with Crippen molar-refractivity contribution >= 4 is 22.6 Å². The highest BCUT2D eigenvalue weighted by Crippen LogP contribution is 2.10. The molecule has 0 bridgehead atoms. The van der Waals surface area contributed by atoms with Crippen LogP contribution in [0.1, 0.15) is 19.8 Å². The van der Waals surface area contributed by atoms with E-state index in [1.165, 1.54) is 4.31 Å². The molecule has 92 valence electrons. The van der Waals surface area contributed by atoms with Crippen molar-refractivity contribution in [2.45, 2.75) is 19.8 Å². The lowest BCUT2D eigenvalue weighted by molar-refractivity contribution is 0.464. The number of likely N-dealkylation sites (N-methyl/N-ethyl adjacent to an activating group) is 1. The Bertz CT molecular complexity index is 253. The number of nitrogens with one attached hydrogen (secondary N) is 2. The van der Waals surface area contributed by atoms with Gasteiger partial charge >= 0.3 is 0 Å². The van der Waals surface area contributed by atoms with E-state index in [1.807, 2.05) is 6.92 Å². The number of nitrogens with zero attached hydrogens (tertiary/aromatic N) is 1. The second-order valence-electron chi connectivity index (χ2n) is 3.36. The molecule has 0 atom stereocenters. The van der Waals surface area contributed by atoms with Crippen molar-refractivity contribution in [2.75, 3.05) is 32.7 Å². The minimum atomic E-state index is -3.20. The average Bonchev–Trinajstić information content (AvgIpc) is 2.65. The van der Waals surface area contributed by atoms with Crippen LogP contribution in [-0.4, -0.2) is 45.4 Å². The maximum absolute atomic E-state index is 11.6. The third-order valence-corrected chi connectivity index (χ3v) is 3.86. The fraction of sp³-hybridized carbons (Fsp3) is 1.00. The molecular formula is C8H20ClN3O2S. The summed E-state index contributed by atoms with van der Waals surface area (Å²) in [5.41, 5.74) is 0. The molecule has 1 rings (SSSR count). The Morgan fingerprint density at radius 3 is 2.33 bits per heavy atom. The van der Waals surface area contributed by atoms with Crippen molar-refractivity contribution in [2.24, 2.45) is 0 Å². The van der Waals surface area contributed by atoms with Crippen molar-refractivity contribution < 1.29 is 8.42 Å². The molecule has 1 saturated heterocycles. The summed E-state index contributed by atoms with van der Waals surface area (Å²) in [5, 5.41) is 3.07. The fourth-order valence-corrected chi connectivity index (χ4v) is 2.75. The number of rotatable bonds is 6. The Hall–Kier alpha value is 0.120. The van der Waals surface area contributed by atoms with Gasteiger partial charge in [0.1, 0.15) is 0 Å². The standard InChI is InChI=1S/C8H19N3O2S.ClH/c1-2-9-5-6-10-14(12,13)11-7-3-4-8-11;/h9-10H,2-8H2,1H3;1H. The number of halogens is 1. The Balaban J connectivity index is 0.00000196. The lowest BCUT2D eigenvalue weighted by Gasteiger charge is -2.15. The summed E-state index contributed by atoms with van der Waals surface area (Å²) in [6, 6.07) is 0. The van der Waals surface area contributed by atoms with Crippen molar-refractivity contribution in [3.63, 3.8) is 0 Å². The maximum atomic E-state index is 11.6. The van der Waals surface area contributed by atoms with Gasteiger partial charge in [0.15, 0.2) is 0 Å². The van der Waals surface area contributed by atoms with Crippen LogP contribution in [0.25, 0.3) is 0 Å². The van der Waals surface area contributed by atoms with Gasteiger partial charge < -0.3 is 5.32 Å². The van der Waals surface area contributed by atoms with E-state index >= 15 is 0 Å². The Kier molecular flexibility index (Phi) is 7.46. The van der Waals surface area contributed by atoms with Gasteiger partial charge in [0, 0.05) is 26.2 Å². The summed E-state index contributed by atoms with van der Waals surface area (Å²) >= 11 is 0. The quantitative estimate of drug-likeness (QED) is 0.656. The molecule has 0 aromatic heterocycles. The highest BCUT2D eigenvalue weighted by Gasteiger charge is 2.24. The number of hydrogen-bond donors (Lipinski definition) is 2. The predicted octanol–water partition coefficient (Wildman–Crippen LogP) is -0.0521. The molecule has 1 aliphatic rings. The van der Waals surface area contributed by atoms with Crippen LogP contribution in [0.15, 0.2) is 0 Å². The van der Waals surface area contributed by atoms with Crippen LogP contribution in [0.4, 0.5) is 0 Å². The van der Waals surface area contributed by atoms with Gasteiger partial charge in [0.2, 0.25) is 0 Å². The minimum absolute atomic E-state index is 0. The van der Waals surface area contributed by atoms with Crippen LogP contribution >= 0.6 is 12.4 Å². The molecule has 0 aliphatic carbocycles. The van der Waals surface area contributed by atoms with E-state index in [0.717, 1.165) is 19.4 Å². The average molecular weight is 258 g/mol. The van der Waals surface area contributed by atoms with E-state index in [9.17, 15) is 8.42 Å². The van der Waals surface area contributed by atoms with E-state index in [2.05, 4.69) is 10.0 Å². The summed E-state index contributed by atoms with van der Waals surface area (Å²) in [6.07, 6.45) is 1.96.